The number of methoxy groups -OCH3 is 2. The Morgan fingerprint density at radius 2 is 1.64 bits per heavy atom. The normalized spacial score (nSPS) is 11.2. The van der Waals surface area contributed by atoms with Gasteiger partial charge in [-0.25, -0.2) is 13.2 Å². The molecule has 0 spiro atoms. The molecule has 1 aromatic carbocycles. The topological polar surface area (TPSA) is 84.9 Å². The van der Waals surface area contributed by atoms with Gasteiger partial charge in [-0.3, -0.25) is 0 Å². The van der Waals surface area contributed by atoms with Crippen LogP contribution in [0.1, 0.15) is 0 Å². The number of hydrogen-bond acceptors (Lipinski definition) is 5. The van der Waals surface area contributed by atoms with Gasteiger partial charge in [-0.1, -0.05) is 0 Å². The molecule has 1 aromatic rings. The minimum Gasteiger partial charge on any atom is -0.383 e. The highest BCUT2D eigenvalue weighted by atomic mass is 35.7. The minimum absolute atomic E-state index is 0.0252. The third-order valence-electron chi connectivity index (χ3n) is 2.80. The minimum atomic E-state index is -3.77. The number of carbonyl (C=O) groups excluding carboxylic acids is 1. The first-order valence-electron chi connectivity index (χ1n) is 6.47. The second-order valence-corrected chi connectivity index (χ2v) is 6.93. The van der Waals surface area contributed by atoms with Gasteiger partial charge in [-0.2, -0.15) is 0 Å². The fraction of sp³-hybridized carbons (Fsp3) is 0.462. The summed E-state index contributed by atoms with van der Waals surface area (Å²) in [5.41, 5.74) is 0.467. The lowest BCUT2D eigenvalue weighted by molar-refractivity contribution is 0.127. The molecule has 124 valence electrons. The lowest BCUT2D eigenvalue weighted by Gasteiger charge is -2.22. The van der Waals surface area contributed by atoms with E-state index >= 15 is 0 Å². The van der Waals surface area contributed by atoms with E-state index in [2.05, 4.69) is 5.32 Å². The van der Waals surface area contributed by atoms with Crippen LogP contribution in [0.3, 0.4) is 0 Å². The summed E-state index contributed by atoms with van der Waals surface area (Å²) in [6.45, 7) is 1.64. The largest absolute Gasteiger partial charge is 0.383 e. The monoisotopic (exact) mass is 350 g/mol. The molecule has 7 nitrogen and oxygen atoms in total. The zero-order chi connectivity index (χ0) is 16.6. The van der Waals surface area contributed by atoms with Gasteiger partial charge >= 0.3 is 6.03 Å². The summed E-state index contributed by atoms with van der Waals surface area (Å²) in [4.78, 5) is 13.7. The second-order valence-electron chi connectivity index (χ2n) is 4.37. The van der Waals surface area contributed by atoms with Gasteiger partial charge in [-0.05, 0) is 24.3 Å². The number of nitrogens with zero attached hydrogens (tertiary/aromatic N) is 1. The standard InChI is InChI=1S/C13H19ClN2O5S/c1-20-9-7-16(8-10-21-2)13(17)15-11-3-5-12(6-4-11)22(14,18)19/h3-6H,7-10H2,1-2H3,(H,15,17). The van der Waals surface area contributed by atoms with Crippen LogP contribution in [-0.4, -0.2) is 59.9 Å². The second kappa shape index (κ2) is 8.94. The number of ether oxygens (including phenoxy) is 2. The van der Waals surface area contributed by atoms with Crippen LogP contribution in [0.4, 0.5) is 10.5 Å². The Labute approximate surface area is 134 Å². The number of carbonyl (C=O) groups is 1. The van der Waals surface area contributed by atoms with Crippen molar-refractivity contribution in [1.82, 2.24) is 4.90 Å². The molecule has 0 aromatic heterocycles. The fourth-order valence-corrected chi connectivity index (χ4v) is 2.39. The average Bonchev–Trinajstić information content (AvgIpc) is 2.47. The first kappa shape index (κ1) is 18.7. The molecule has 9 heteroatoms. The van der Waals surface area contributed by atoms with E-state index in [9.17, 15) is 13.2 Å². The highest BCUT2D eigenvalue weighted by Crippen LogP contribution is 2.17. The molecule has 0 radical (unpaired) electrons. The summed E-state index contributed by atoms with van der Waals surface area (Å²) in [6, 6.07) is 5.27. The molecule has 1 N–H and O–H groups in total. The Morgan fingerprint density at radius 3 is 2.05 bits per heavy atom. The molecule has 1 rings (SSSR count). The molecule has 0 aliphatic carbocycles. The third-order valence-corrected chi connectivity index (χ3v) is 4.17. The molecule has 0 atom stereocenters. The third kappa shape index (κ3) is 6.18. The van der Waals surface area contributed by atoms with Crippen molar-refractivity contribution in [1.29, 1.82) is 0 Å². The van der Waals surface area contributed by atoms with E-state index < -0.39 is 9.05 Å². The summed E-state index contributed by atoms with van der Waals surface area (Å²) < 4.78 is 32.2. The van der Waals surface area contributed by atoms with Crippen molar-refractivity contribution >= 4 is 31.5 Å². The Balaban J connectivity index is 2.71. The molecule has 0 saturated heterocycles. The van der Waals surface area contributed by atoms with Gasteiger partial charge in [0.25, 0.3) is 9.05 Å². The number of urea groups is 1. The van der Waals surface area contributed by atoms with Gasteiger partial charge in [0, 0.05) is 43.7 Å². The van der Waals surface area contributed by atoms with Gasteiger partial charge in [-0.15, -0.1) is 0 Å². The highest BCUT2D eigenvalue weighted by molar-refractivity contribution is 8.13. The highest BCUT2D eigenvalue weighted by Gasteiger charge is 2.14. The fourth-order valence-electron chi connectivity index (χ4n) is 1.62. The quantitative estimate of drug-likeness (QED) is 0.722. The molecule has 0 aliphatic rings. The maximum atomic E-state index is 12.2. The number of rotatable bonds is 8. The van der Waals surface area contributed by atoms with Crippen LogP contribution < -0.4 is 5.32 Å². The van der Waals surface area contributed by atoms with Gasteiger partial charge in [0.1, 0.15) is 0 Å². The van der Waals surface area contributed by atoms with E-state index in [1.807, 2.05) is 0 Å². The summed E-state index contributed by atoms with van der Waals surface area (Å²) in [5, 5.41) is 2.68. The van der Waals surface area contributed by atoms with Crippen molar-refractivity contribution in [3.63, 3.8) is 0 Å². The van der Waals surface area contributed by atoms with Crippen LogP contribution in [-0.2, 0) is 18.5 Å². The maximum absolute atomic E-state index is 12.2. The Morgan fingerprint density at radius 1 is 1.14 bits per heavy atom. The lowest BCUT2D eigenvalue weighted by atomic mass is 10.3. The molecular formula is C13H19ClN2O5S. The molecule has 0 fully saturated rings. The number of nitrogens with one attached hydrogen (secondary N) is 1. The summed E-state index contributed by atoms with van der Waals surface area (Å²) >= 11 is 0. The zero-order valence-electron chi connectivity index (χ0n) is 12.4. The number of anilines is 1. The predicted molar refractivity (Wildman–Crippen MR) is 83.8 cm³/mol. The van der Waals surface area contributed by atoms with Crippen molar-refractivity contribution < 1.29 is 22.7 Å². The van der Waals surface area contributed by atoms with Crippen molar-refractivity contribution in [2.24, 2.45) is 0 Å². The van der Waals surface area contributed by atoms with Crippen molar-refractivity contribution in [2.75, 3.05) is 45.8 Å². The van der Waals surface area contributed by atoms with Crippen LogP contribution in [0.15, 0.2) is 29.2 Å². The van der Waals surface area contributed by atoms with Gasteiger partial charge in [0.15, 0.2) is 0 Å². The van der Waals surface area contributed by atoms with Crippen LogP contribution in [0.2, 0.25) is 0 Å². The molecule has 22 heavy (non-hydrogen) atoms. The molecule has 0 bridgehead atoms. The van der Waals surface area contributed by atoms with Crippen molar-refractivity contribution in [2.45, 2.75) is 4.90 Å². The summed E-state index contributed by atoms with van der Waals surface area (Å²) in [7, 11) is 4.56. The summed E-state index contributed by atoms with van der Waals surface area (Å²) in [6.07, 6.45) is 0. The smallest absolute Gasteiger partial charge is 0.321 e. The lowest BCUT2D eigenvalue weighted by Crippen LogP contribution is -2.39. The first-order valence-corrected chi connectivity index (χ1v) is 8.78. The molecular weight excluding hydrogens is 332 g/mol. The van der Waals surface area contributed by atoms with Crippen molar-refractivity contribution in [3.05, 3.63) is 24.3 Å². The van der Waals surface area contributed by atoms with Crippen LogP contribution in [0.5, 0.6) is 0 Å². The van der Waals surface area contributed by atoms with Gasteiger partial charge in [0.05, 0.1) is 18.1 Å². The van der Waals surface area contributed by atoms with E-state index in [-0.39, 0.29) is 10.9 Å². The molecule has 0 heterocycles. The number of hydrogen-bond donors (Lipinski definition) is 1. The van der Waals surface area contributed by atoms with E-state index in [1.54, 1.807) is 19.1 Å². The van der Waals surface area contributed by atoms with Gasteiger partial charge in [0.2, 0.25) is 0 Å². The van der Waals surface area contributed by atoms with E-state index in [0.717, 1.165) is 0 Å². The molecule has 0 unspecified atom stereocenters. The van der Waals surface area contributed by atoms with Gasteiger partial charge < -0.3 is 19.7 Å². The number of benzene rings is 1. The molecule has 0 aliphatic heterocycles. The zero-order valence-corrected chi connectivity index (χ0v) is 14.0. The average molecular weight is 351 g/mol. The van der Waals surface area contributed by atoms with Crippen molar-refractivity contribution in [3.8, 4) is 0 Å². The predicted octanol–water partition coefficient (Wildman–Crippen LogP) is 1.74. The van der Waals surface area contributed by atoms with Crippen LogP contribution >= 0.6 is 10.7 Å². The van der Waals surface area contributed by atoms with E-state index in [1.165, 1.54) is 24.3 Å². The van der Waals surface area contributed by atoms with E-state index in [4.69, 9.17) is 20.2 Å². The maximum Gasteiger partial charge on any atom is 0.321 e. The Bertz CT molecular complexity index is 569. The molecule has 2 amide bonds. The molecule has 0 saturated carbocycles. The van der Waals surface area contributed by atoms with Crippen LogP contribution in [0, 0.1) is 0 Å². The number of amides is 2. The Hall–Kier alpha value is -1.35. The first-order chi connectivity index (χ1) is 10.4. The SMILES string of the molecule is COCCN(CCOC)C(=O)Nc1ccc(S(=O)(=O)Cl)cc1. The number of halogens is 1. The van der Waals surface area contributed by atoms with E-state index in [0.29, 0.717) is 32.0 Å². The Kier molecular flexibility index (Phi) is 7.60. The summed E-state index contributed by atoms with van der Waals surface area (Å²) in [5.74, 6) is 0. The van der Waals surface area contributed by atoms with Crippen LogP contribution in [0.25, 0.3) is 0 Å².